The summed E-state index contributed by atoms with van der Waals surface area (Å²) in [4.78, 5) is 36.7. The highest BCUT2D eigenvalue weighted by Crippen LogP contribution is 2.25. The molecule has 1 unspecified atom stereocenters. The molecule has 184 valence electrons. The van der Waals surface area contributed by atoms with E-state index in [9.17, 15) is 14.4 Å². The number of para-hydroxylation sites is 1. The van der Waals surface area contributed by atoms with Gasteiger partial charge in [-0.2, -0.15) is 0 Å². The van der Waals surface area contributed by atoms with Crippen LogP contribution in [0.1, 0.15) is 46.5 Å². The first kappa shape index (κ1) is 25.8. The summed E-state index contributed by atoms with van der Waals surface area (Å²) in [5.74, 6) is -0.292. The van der Waals surface area contributed by atoms with Crippen molar-refractivity contribution in [3.8, 4) is 5.75 Å². The average molecular weight is 499 g/mol. The second kappa shape index (κ2) is 12.0. The minimum Gasteiger partial charge on any atom is -0.483 e. The molecule has 3 aromatic rings. The number of nitrogens with zero attached hydrogens (tertiary/aromatic N) is 3. The standard InChI is InChI=1S/C24H26N4O6S/c1-5-28-21(15(2)34-17-9-7-6-8-10-17)26-27-24(28)35-14-20(29)25-19-13-16(22(30)32-3)11-12-18(19)23(31)33-4/h6-13,15H,5,14H2,1-4H3,(H,25,29). The number of amides is 1. The van der Waals surface area contributed by atoms with Crippen molar-refractivity contribution in [3.63, 3.8) is 0 Å². The van der Waals surface area contributed by atoms with E-state index < -0.39 is 17.8 Å². The van der Waals surface area contributed by atoms with E-state index in [4.69, 9.17) is 14.2 Å². The quantitative estimate of drug-likeness (QED) is 0.329. The molecule has 1 heterocycles. The van der Waals surface area contributed by atoms with Crippen LogP contribution in [0, 0.1) is 0 Å². The second-order valence-corrected chi connectivity index (χ2v) is 8.18. The summed E-state index contributed by atoms with van der Waals surface area (Å²) in [6.45, 7) is 4.42. The van der Waals surface area contributed by atoms with Crippen LogP contribution in [0.3, 0.4) is 0 Å². The topological polar surface area (TPSA) is 122 Å². The van der Waals surface area contributed by atoms with Crippen LogP contribution >= 0.6 is 11.8 Å². The lowest BCUT2D eigenvalue weighted by atomic mass is 10.1. The molecule has 1 amide bonds. The minimum atomic E-state index is -0.646. The summed E-state index contributed by atoms with van der Waals surface area (Å²) in [5.41, 5.74) is 0.447. The van der Waals surface area contributed by atoms with E-state index in [2.05, 4.69) is 15.5 Å². The molecule has 11 heteroatoms. The van der Waals surface area contributed by atoms with Gasteiger partial charge in [-0.15, -0.1) is 10.2 Å². The van der Waals surface area contributed by atoms with Gasteiger partial charge < -0.3 is 24.1 Å². The van der Waals surface area contributed by atoms with Crippen molar-refractivity contribution in [3.05, 3.63) is 65.5 Å². The van der Waals surface area contributed by atoms with E-state index in [0.29, 0.717) is 17.5 Å². The molecular formula is C24H26N4O6S. The molecule has 0 aliphatic rings. The van der Waals surface area contributed by atoms with Crippen LogP contribution in [0.4, 0.5) is 5.69 Å². The molecule has 2 aromatic carbocycles. The number of carbonyl (C=O) groups excluding carboxylic acids is 3. The lowest BCUT2D eigenvalue weighted by Crippen LogP contribution is -2.18. The number of anilines is 1. The third kappa shape index (κ3) is 6.38. The van der Waals surface area contributed by atoms with E-state index in [-0.39, 0.29) is 28.7 Å². The molecular weight excluding hydrogens is 472 g/mol. The number of esters is 2. The number of carbonyl (C=O) groups is 3. The second-order valence-electron chi connectivity index (χ2n) is 7.24. The van der Waals surface area contributed by atoms with Crippen molar-refractivity contribution in [2.45, 2.75) is 31.7 Å². The van der Waals surface area contributed by atoms with Gasteiger partial charge in [-0.05, 0) is 44.2 Å². The van der Waals surface area contributed by atoms with E-state index >= 15 is 0 Å². The van der Waals surface area contributed by atoms with Gasteiger partial charge in [-0.25, -0.2) is 9.59 Å². The highest BCUT2D eigenvalue weighted by molar-refractivity contribution is 7.99. The Morgan fingerprint density at radius 2 is 1.74 bits per heavy atom. The van der Waals surface area contributed by atoms with Gasteiger partial charge in [-0.1, -0.05) is 30.0 Å². The number of benzene rings is 2. The lowest BCUT2D eigenvalue weighted by molar-refractivity contribution is -0.113. The molecule has 3 rings (SSSR count). The first-order valence-electron chi connectivity index (χ1n) is 10.8. The molecule has 0 aliphatic carbocycles. The zero-order valence-corrected chi connectivity index (χ0v) is 20.6. The SMILES string of the molecule is CCn1c(SCC(=O)Nc2cc(C(=O)OC)ccc2C(=O)OC)nnc1C(C)Oc1ccccc1. The van der Waals surface area contributed by atoms with Crippen LogP contribution in [0.25, 0.3) is 0 Å². The summed E-state index contributed by atoms with van der Waals surface area (Å²) in [7, 11) is 2.48. The molecule has 0 spiro atoms. The Morgan fingerprint density at radius 1 is 1.03 bits per heavy atom. The molecule has 0 saturated heterocycles. The summed E-state index contributed by atoms with van der Waals surface area (Å²) >= 11 is 1.19. The predicted octanol–water partition coefficient (Wildman–Crippen LogP) is 3.74. The highest BCUT2D eigenvalue weighted by atomic mass is 32.2. The summed E-state index contributed by atoms with van der Waals surface area (Å²) < 4.78 is 17.3. The van der Waals surface area contributed by atoms with Crippen LogP contribution in [-0.4, -0.2) is 52.6 Å². The summed E-state index contributed by atoms with van der Waals surface area (Å²) in [5, 5.41) is 11.7. The number of aromatic nitrogens is 3. The zero-order valence-electron chi connectivity index (χ0n) is 19.8. The monoisotopic (exact) mass is 498 g/mol. The van der Waals surface area contributed by atoms with Crippen LogP contribution in [0.2, 0.25) is 0 Å². The Hall–Kier alpha value is -3.86. The molecule has 0 aliphatic heterocycles. The first-order valence-corrected chi connectivity index (χ1v) is 11.7. The van der Waals surface area contributed by atoms with Gasteiger partial charge in [0.15, 0.2) is 17.1 Å². The number of methoxy groups -OCH3 is 2. The Balaban J connectivity index is 1.71. The van der Waals surface area contributed by atoms with Crippen LogP contribution in [0.5, 0.6) is 5.75 Å². The van der Waals surface area contributed by atoms with E-state index in [0.717, 1.165) is 5.75 Å². The number of ether oxygens (including phenoxy) is 3. The fourth-order valence-electron chi connectivity index (χ4n) is 3.26. The van der Waals surface area contributed by atoms with Crippen molar-refractivity contribution in [2.75, 3.05) is 25.3 Å². The Bertz CT molecular complexity index is 1200. The number of hydrogen-bond donors (Lipinski definition) is 1. The van der Waals surface area contributed by atoms with Gasteiger partial charge in [0.2, 0.25) is 5.91 Å². The molecule has 0 bridgehead atoms. The smallest absolute Gasteiger partial charge is 0.339 e. The molecule has 0 radical (unpaired) electrons. The number of rotatable bonds is 10. The third-order valence-corrected chi connectivity index (χ3v) is 5.90. The van der Waals surface area contributed by atoms with Gasteiger partial charge in [-0.3, -0.25) is 4.79 Å². The first-order chi connectivity index (χ1) is 16.9. The van der Waals surface area contributed by atoms with Crippen molar-refractivity contribution >= 4 is 35.3 Å². The normalized spacial score (nSPS) is 11.4. The minimum absolute atomic E-state index is 0.00484. The fraction of sp³-hybridized carbons (Fsp3) is 0.292. The van der Waals surface area contributed by atoms with E-state index in [1.54, 1.807) is 0 Å². The molecule has 0 saturated carbocycles. The van der Waals surface area contributed by atoms with Crippen LogP contribution in [-0.2, 0) is 20.8 Å². The van der Waals surface area contributed by atoms with Crippen molar-refractivity contribution in [2.24, 2.45) is 0 Å². The summed E-state index contributed by atoms with van der Waals surface area (Å²) in [6, 6.07) is 13.6. The zero-order chi connectivity index (χ0) is 25.4. The maximum Gasteiger partial charge on any atom is 0.339 e. The molecule has 1 atom stereocenters. The number of nitrogens with one attached hydrogen (secondary N) is 1. The molecule has 1 N–H and O–H groups in total. The van der Waals surface area contributed by atoms with Crippen molar-refractivity contribution in [1.82, 2.24) is 14.8 Å². The molecule has 1 aromatic heterocycles. The maximum absolute atomic E-state index is 12.7. The van der Waals surface area contributed by atoms with Crippen LogP contribution < -0.4 is 10.1 Å². The van der Waals surface area contributed by atoms with Gasteiger partial charge in [0.25, 0.3) is 0 Å². The van der Waals surface area contributed by atoms with Crippen molar-refractivity contribution < 1.29 is 28.6 Å². The number of thioether (sulfide) groups is 1. The molecule has 0 fully saturated rings. The van der Waals surface area contributed by atoms with Crippen molar-refractivity contribution in [1.29, 1.82) is 0 Å². The summed E-state index contributed by atoms with van der Waals surface area (Å²) in [6.07, 6.45) is -0.350. The van der Waals surface area contributed by atoms with Gasteiger partial charge in [0.1, 0.15) is 5.75 Å². The van der Waals surface area contributed by atoms with Gasteiger partial charge in [0.05, 0.1) is 36.8 Å². The number of hydrogen-bond acceptors (Lipinski definition) is 9. The molecule has 10 nitrogen and oxygen atoms in total. The average Bonchev–Trinajstić information content (AvgIpc) is 3.30. The lowest BCUT2D eigenvalue weighted by Gasteiger charge is -2.15. The Morgan fingerprint density at radius 3 is 2.40 bits per heavy atom. The highest BCUT2D eigenvalue weighted by Gasteiger charge is 2.21. The molecule has 35 heavy (non-hydrogen) atoms. The van der Waals surface area contributed by atoms with E-state index in [1.165, 1.54) is 44.2 Å². The van der Waals surface area contributed by atoms with Gasteiger partial charge >= 0.3 is 11.9 Å². The van der Waals surface area contributed by atoms with Gasteiger partial charge in [0, 0.05) is 6.54 Å². The third-order valence-electron chi connectivity index (χ3n) is 4.93. The maximum atomic E-state index is 12.7. The Kier molecular flexibility index (Phi) is 8.85. The predicted molar refractivity (Wildman–Crippen MR) is 130 cm³/mol. The Labute approximate surface area is 207 Å². The van der Waals surface area contributed by atoms with E-state index in [1.807, 2.05) is 48.7 Å². The fourth-order valence-corrected chi connectivity index (χ4v) is 4.07. The largest absolute Gasteiger partial charge is 0.483 e. The van der Waals surface area contributed by atoms with Crippen LogP contribution in [0.15, 0.2) is 53.7 Å².